The number of anilines is 2. The average molecular weight is 535 g/mol. The van der Waals surface area contributed by atoms with E-state index in [0.717, 1.165) is 0 Å². The fraction of sp³-hybridized carbons (Fsp3) is 0.481. The molecule has 0 amide bonds. The molecule has 10 nitrogen and oxygen atoms in total. The van der Waals surface area contributed by atoms with Gasteiger partial charge in [0.15, 0.2) is 0 Å². The molecule has 2 aliphatic heterocycles. The van der Waals surface area contributed by atoms with Crippen LogP contribution in [-0.4, -0.2) is 58.9 Å². The van der Waals surface area contributed by atoms with Crippen LogP contribution in [0.25, 0.3) is 10.9 Å². The Bertz CT molecular complexity index is 1410. The number of nitriles is 2. The normalized spacial score (nSPS) is 20.4. The van der Waals surface area contributed by atoms with Crippen molar-refractivity contribution in [1.82, 2.24) is 26.0 Å². The van der Waals surface area contributed by atoms with E-state index in [4.69, 9.17) is 0 Å². The zero-order chi connectivity index (χ0) is 27.9. The van der Waals surface area contributed by atoms with Gasteiger partial charge in [-0.25, -0.2) is 8.78 Å². The molecular formula is C27H32F2N10. The number of fused-ring (bicyclic) bond motifs is 1. The molecule has 0 bridgehead atoms. The minimum absolute atomic E-state index is 0.0506. The predicted octanol–water partition coefficient (Wildman–Crippen LogP) is 3.87. The molecule has 12 heteroatoms. The number of halogens is 2. The van der Waals surface area contributed by atoms with Gasteiger partial charge in [0.1, 0.15) is 17.7 Å². The summed E-state index contributed by atoms with van der Waals surface area (Å²) in [6.45, 7) is 6.88. The molecule has 2 atom stereocenters. The van der Waals surface area contributed by atoms with E-state index in [1.165, 1.54) is 11.2 Å². The number of hydrazine groups is 2. The number of nitrogens with one attached hydrogen (secondary N) is 4. The molecule has 0 radical (unpaired) electrons. The van der Waals surface area contributed by atoms with E-state index in [-0.39, 0.29) is 17.5 Å². The molecule has 1 aromatic carbocycles. The highest BCUT2D eigenvalue weighted by Crippen LogP contribution is 2.47. The highest BCUT2D eigenvalue weighted by Gasteiger charge is 2.57. The Hall–Kier alpha value is -4.16. The van der Waals surface area contributed by atoms with Gasteiger partial charge in [0.05, 0.1) is 40.1 Å². The maximum Gasteiger partial charge on any atom is 0.262 e. The second-order valence-electron chi connectivity index (χ2n) is 11.5. The van der Waals surface area contributed by atoms with E-state index in [1.807, 2.05) is 24.3 Å². The van der Waals surface area contributed by atoms with Gasteiger partial charge in [-0.1, -0.05) is 20.8 Å². The fourth-order valence-corrected chi connectivity index (χ4v) is 4.95. The first-order chi connectivity index (χ1) is 18.6. The van der Waals surface area contributed by atoms with Crippen molar-refractivity contribution >= 4 is 28.5 Å². The number of rotatable bonds is 8. The molecule has 1 aliphatic carbocycles. The average Bonchev–Trinajstić information content (AvgIpc) is 3.37. The Balaban J connectivity index is 1.55. The van der Waals surface area contributed by atoms with Gasteiger partial charge in [-0.3, -0.25) is 15.0 Å². The van der Waals surface area contributed by atoms with Crippen molar-refractivity contribution < 1.29 is 8.78 Å². The summed E-state index contributed by atoms with van der Waals surface area (Å²) < 4.78 is 27.6. The van der Waals surface area contributed by atoms with Gasteiger partial charge in [0, 0.05) is 49.7 Å². The lowest BCUT2D eigenvalue weighted by molar-refractivity contribution is 0.00910. The second kappa shape index (κ2) is 9.86. The Labute approximate surface area is 226 Å². The number of hydrazone groups is 1. The quantitative estimate of drug-likeness (QED) is 0.399. The van der Waals surface area contributed by atoms with Gasteiger partial charge in [-0.15, -0.1) is 5.53 Å². The van der Waals surface area contributed by atoms with Gasteiger partial charge >= 0.3 is 0 Å². The van der Waals surface area contributed by atoms with Gasteiger partial charge in [-0.2, -0.15) is 15.6 Å². The SMILES string of the molecule is CN1N=CCC1[C@H](Nc1cc(C#N)c2ncc(C#N)c(NCC(C)(C)C)c2c1)C1=CN(C2(C(F)F)CC2)NN1. The van der Waals surface area contributed by atoms with E-state index in [9.17, 15) is 19.3 Å². The lowest BCUT2D eigenvalue weighted by Crippen LogP contribution is -2.50. The van der Waals surface area contributed by atoms with E-state index < -0.39 is 12.0 Å². The third-order valence-corrected chi connectivity index (χ3v) is 7.38. The molecule has 39 heavy (non-hydrogen) atoms. The van der Waals surface area contributed by atoms with E-state index in [1.54, 1.807) is 12.3 Å². The van der Waals surface area contributed by atoms with Crippen LogP contribution in [0.5, 0.6) is 0 Å². The molecule has 1 aromatic heterocycles. The maximum absolute atomic E-state index is 13.8. The summed E-state index contributed by atoms with van der Waals surface area (Å²) in [6, 6.07) is 7.54. The number of hydrogen-bond donors (Lipinski definition) is 4. The molecule has 1 saturated carbocycles. The summed E-state index contributed by atoms with van der Waals surface area (Å²) in [5, 5.41) is 35.0. The van der Waals surface area contributed by atoms with Crippen molar-refractivity contribution in [1.29, 1.82) is 10.5 Å². The van der Waals surface area contributed by atoms with Gasteiger partial charge in [0.2, 0.25) is 0 Å². The predicted molar refractivity (Wildman–Crippen MR) is 145 cm³/mol. The first-order valence-electron chi connectivity index (χ1n) is 12.9. The molecule has 5 rings (SSSR count). The zero-order valence-corrected chi connectivity index (χ0v) is 22.4. The number of nitrogens with zero attached hydrogens (tertiary/aromatic N) is 6. The maximum atomic E-state index is 13.8. The number of aromatic nitrogens is 1. The highest BCUT2D eigenvalue weighted by molar-refractivity contribution is 5.99. The third kappa shape index (κ3) is 5.00. The molecule has 1 unspecified atom stereocenters. The Morgan fingerprint density at radius 3 is 2.54 bits per heavy atom. The summed E-state index contributed by atoms with van der Waals surface area (Å²) in [4.78, 5) is 4.42. The molecule has 1 fully saturated rings. The Kier molecular flexibility index (Phi) is 6.69. The van der Waals surface area contributed by atoms with Crippen LogP contribution in [0, 0.1) is 28.1 Å². The van der Waals surface area contributed by atoms with Crippen LogP contribution >= 0.6 is 0 Å². The van der Waals surface area contributed by atoms with E-state index in [2.05, 4.69) is 64.6 Å². The standard InChI is InChI=1S/C27H32F2N10/c1-26(2,3)15-33-23-17(12-31)13-32-22-16(11-30)9-18(10-19(22)23)35-24(21-5-8-34-38(21)4)20-14-39(37-36-20)27(6-7-27)25(28)29/h8-10,13-14,21,24-25,35-37H,5-7,15H2,1-4H3,(H,32,33)/t21?,24-/m1/s1. The van der Waals surface area contributed by atoms with Gasteiger partial charge in [0.25, 0.3) is 6.43 Å². The van der Waals surface area contributed by atoms with Gasteiger partial charge in [-0.05, 0) is 30.4 Å². The summed E-state index contributed by atoms with van der Waals surface area (Å²) >= 11 is 0. The van der Waals surface area contributed by atoms with E-state index in [0.29, 0.717) is 64.9 Å². The Morgan fingerprint density at radius 2 is 1.95 bits per heavy atom. The number of alkyl halides is 2. The smallest absolute Gasteiger partial charge is 0.262 e. The highest BCUT2D eigenvalue weighted by atomic mass is 19.3. The molecule has 3 heterocycles. The van der Waals surface area contributed by atoms with Crippen LogP contribution in [-0.2, 0) is 0 Å². The van der Waals surface area contributed by atoms with Crippen LogP contribution in [0.15, 0.2) is 35.3 Å². The number of pyridine rings is 1. The lowest BCUT2D eigenvalue weighted by Gasteiger charge is -2.31. The summed E-state index contributed by atoms with van der Waals surface area (Å²) in [5.41, 5.74) is 7.90. The van der Waals surface area contributed by atoms with Gasteiger partial charge < -0.3 is 16.1 Å². The number of likely N-dealkylation sites (N-methyl/N-ethyl adjacent to an activating group) is 1. The summed E-state index contributed by atoms with van der Waals surface area (Å²) in [7, 11) is 1.86. The minimum atomic E-state index is -2.48. The van der Waals surface area contributed by atoms with Crippen molar-refractivity contribution in [3.8, 4) is 12.1 Å². The van der Waals surface area contributed by atoms with Crippen LogP contribution in [0.3, 0.4) is 0 Å². The largest absolute Gasteiger partial charge is 0.383 e. The molecular weight excluding hydrogens is 502 g/mol. The van der Waals surface area contributed by atoms with Crippen LogP contribution in [0.4, 0.5) is 20.2 Å². The molecule has 3 aliphatic rings. The van der Waals surface area contributed by atoms with Crippen molar-refractivity contribution in [2.45, 2.75) is 64.1 Å². The summed E-state index contributed by atoms with van der Waals surface area (Å²) in [6.07, 6.45) is 3.97. The first kappa shape index (κ1) is 26.4. The molecule has 2 aromatic rings. The van der Waals surface area contributed by atoms with Crippen molar-refractivity contribution in [2.24, 2.45) is 10.5 Å². The van der Waals surface area contributed by atoms with Crippen LogP contribution < -0.4 is 21.6 Å². The molecule has 0 spiro atoms. The summed E-state index contributed by atoms with van der Waals surface area (Å²) in [5.74, 6) is 0. The third-order valence-electron chi connectivity index (χ3n) is 7.38. The van der Waals surface area contributed by atoms with Crippen molar-refractivity contribution in [3.05, 3.63) is 41.4 Å². The fourth-order valence-electron chi connectivity index (χ4n) is 4.95. The second-order valence-corrected chi connectivity index (χ2v) is 11.5. The zero-order valence-electron chi connectivity index (χ0n) is 22.4. The molecule has 0 saturated heterocycles. The Morgan fingerprint density at radius 1 is 1.21 bits per heavy atom. The first-order valence-corrected chi connectivity index (χ1v) is 12.9. The van der Waals surface area contributed by atoms with Crippen molar-refractivity contribution in [3.63, 3.8) is 0 Å². The number of hydrogen-bond acceptors (Lipinski definition) is 10. The molecule has 4 N–H and O–H groups in total. The van der Waals surface area contributed by atoms with Crippen LogP contribution in [0.2, 0.25) is 0 Å². The van der Waals surface area contributed by atoms with Crippen molar-refractivity contribution in [2.75, 3.05) is 24.2 Å². The molecule has 204 valence electrons. The monoisotopic (exact) mass is 534 g/mol. The number of benzene rings is 1. The van der Waals surface area contributed by atoms with Crippen LogP contribution in [0.1, 0.15) is 51.2 Å². The minimum Gasteiger partial charge on any atom is -0.383 e. The lowest BCUT2D eigenvalue weighted by atomic mass is 9.96. The van der Waals surface area contributed by atoms with E-state index >= 15 is 0 Å². The topological polar surface area (TPSA) is 127 Å².